The van der Waals surface area contributed by atoms with Crippen molar-refractivity contribution in [3.8, 4) is 0 Å². The van der Waals surface area contributed by atoms with Crippen LogP contribution in [0.25, 0.3) is 0 Å². The van der Waals surface area contributed by atoms with E-state index in [1.54, 1.807) is 20.8 Å². The van der Waals surface area contributed by atoms with Crippen molar-refractivity contribution in [2.75, 3.05) is 5.75 Å². The van der Waals surface area contributed by atoms with Crippen LogP contribution in [0, 0.1) is 0 Å². The minimum Gasteiger partial charge on any atom is -0.444 e. The Morgan fingerprint density at radius 3 is 2.46 bits per heavy atom. The lowest BCUT2D eigenvalue weighted by atomic mass is 10.1. The van der Waals surface area contributed by atoms with Gasteiger partial charge in [-0.2, -0.15) is 0 Å². The molecule has 6 nitrogen and oxygen atoms in total. The largest absolute Gasteiger partial charge is 0.444 e. The summed E-state index contributed by atoms with van der Waals surface area (Å²) in [6.45, 7) is 5.26. The van der Waals surface area contributed by atoms with Crippen LogP contribution in [-0.2, 0) is 20.7 Å². The molecule has 0 saturated carbocycles. The van der Waals surface area contributed by atoms with Gasteiger partial charge in [-0.3, -0.25) is 9.59 Å². The first-order chi connectivity index (χ1) is 11.2. The Kier molecular flexibility index (Phi) is 5.88. The van der Waals surface area contributed by atoms with Crippen LogP contribution in [0.15, 0.2) is 30.3 Å². The standard InChI is InChI=1S/C17H22N2O4S/c1-17(2,3)23-16(22)19-12(9-11-7-5-4-6-8-11)14(20)18-13-10-24-15(13)21/h4-8,12-13H,9-10H2,1-3H3,(H,18,20)(H,19,22)/t12-,13-/m0/s1. The summed E-state index contributed by atoms with van der Waals surface area (Å²) in [5.41, 5.74) is 0.251. The van der Waals surface area contributed by atoms with Crippen molar-refractivity contribution in [1.82, 2.24) is 10.6 Å². The smallest absolute Gasteiger partial charge is 0.408 e. The predicted octanol–water partition coefficient (Wildman–Crippen LogP) is 1.88. The second-order valence-corrected chi connectivity index (χ2v) is 7.60. The highest BCUT2D eigenvalue weighted by atomic mass is 32.2. The molecule has 7 heteroatoms. The van der Waals surface area contributed by atoms with Crippen LogP contribution in [-0.4, -0.2) is 40.6 Å². The summed E-state index contributed by atoms with van der Waals surface area (Å²) in [6, 6.07) is 8.09. The first-order valence-corrected chi connectivity index (χ1v) is 8.73. The summed E-state index contributed by atoms with van der Waals surface area (Å²) >= 11 is 1.18. The summed E-state index contributed by atoms with van der Waals surface area (Å²) in [4.78, 5) is 35.9. The Morgan fingerprint density at radius 2 is 1.96 bits per heavy atom. The molecule has 0 unspecified atom stereocenters. The van der Waals surface area contributed by atoms with Gasteiger partial charge in [0.2, 0.25) is 11.0 Å². The van der Waals surface area contributed by atoms with Crippen LogP contribution >= 0.6 is 11.8 Å². The van der Waals surface area contributed by atoms with Crippen LogP contribution in [0.2, 0.25) is 0 Å². The normalized spacial score (nSPS) is 18.3. The molecule has 24 heavy (non-hydrogen) atoms. The average molecular weight is 350 g/mol. The van der Waals surface area contributed by atoms with Gasteiger partial charge in [-0.1, -0.05) is 42.1 Å². The number of carbonyl (C=O) groups is 3. The van der Waals surface area contributed by atoms with Gasteiger partial charge in [0.1, 0.15) is 17.7 Å². The lowest BCUT2D eigenvalue weighted by Gasteiger charge is -2.27. The Bertz CT molecular complexity index is 613. The molecule has 2 amide bonds. The summed E-state index contributed by atoms with van der Waals surface area (Å²) in [5, 5.41) is 5.22. The maximum absolute atomic E-state index is 12.5. The number of thioether (sulfide) groups is 1. The molecule has 130 valence electrons. The van der Waals surface area contributed by atoms with Crippen LogP contribution in [0.4, 0.5) is 4.79 Å². The molecule has 1 aromatic carbocycles. The molecule has 1 heterocycles. The zero-order valence-corrected chi connectivity index (χ0v) is 14.8. The highest BCUT2D eigenvalue weighted by Crippen LogP contribution is 2.20. The average Bonchev–Trinajstić information content (AvgIpc) is 2.49. The number of rotatable bonds is 5. The van der Waals surface area contributed by atoms with Crippen molar-refractivity contribution in [1.29, 1.82) is 0 Å². The van der Waals surface area contributed by atoms with Gasteiger partial charge in [0.25, 0.3) is 0 Å². The zero-order valence-electron chi connectivity index (χ0n) is 14.0. The Labute approximate surface area is 145 Å². The van der Waals surface area contributed by atoms with Crippen molar-refractivity contribution >= 4 is 28.9 Å². The third-order valence-electron chi connectivity index (χ3n) is 3.28. The van der Waals surface area contributed by atoms with E-state index in [2.05, 4.69) is 10.6 Å². The van der Waals surface area contributed by atoms with Gasteiger partial charge in [-0.25, -0.2) is 4.79 Å². The molecular formula is C17H22N2O4S. The molecule has 0 bridgehead atoms. The molecule has 2 atom stereocenters. The molecule has 1 aliphatic rings. The van der Waals surface area contributed by atoms with Gasteiger partial charge < -0.3 is 15.4 Å². The third-order valence-corrected chi connectivity index (χ3v) is 4.35. The number of hydrogen-bond donors (Lipinski definition) is 2. The lowest BCUT2D eigenvalue weighted by Crippen LogP contribution is -2.55. The summed E-state index contributed by atoms with van der Waals surface area (Å²) < 4.78 is 5.22. The fourth-order valence-electron chi connectivity index (χ4n) is 2.12. The van der Waals surface area contributed by atoms with Gasteiger partial charge in [-0.05, 0) is 26.3 Å². The van der Waals surface area contributed by atoms with E-state index >= 15 is 0 Å². The topological polar surface area (TPSA) is 84.5 Å². The second kappa shape index (κ2) is 7.70. The highest BCUT2D eigenvalue weighted by Gasteiger charge is 2.33. The van der Waals surface area contributed by atoms with Crippen molar-refractivity contribution < 1.29 is 19.1 Å². The monoisotopic (exact) mass is 350 g/mol. The van der Waals surface area contributed by atoms with E-state index < -0.39 is 23.8 Å². The van der Waals surface area contributed by atoms with Gasteiger partial charge in [0.05, 0.1) is 0 Å². The van der Waals surface area contributed by atoms with E-state index in [9.17, 15) is 14.4 Å². The summed E-state index contributed by atoms with van der Waals surface area (Å²) in [6.07, 6.45) is -0.340. The van der Waals surface area contributed by atoms with Crippen molar-refractivity contribution in [3.63, 3.8) is 0 Å². The zero-order chi connectivity index (χ0) is 17.7. The fraction of sp³-hybridized carbons (Fsp3) is 0.471. The van der Waals surface area contributed by atoms with E-state index in [0.29, 0.717) is 12.2 Å². The molecule has 0 radical (unpaired) electrons. The Hall–Kier alpha value is -2.02. The number of nitrogens with one attached hydrogen (secondary N) is 2. The second-order valence-electron chi connectivity index (χ2n) is 6.58. The minimum atomic E-state index is -0.805. The van der Waals surface area contributed by atoms with E-state index in [1.165, 1.54) is 11.8 Å². The van der Waals surface area contributed by atoms with Crippen molar-refractivity contribution in [2.24, 2.45) is 0 Å². The van der Waals surface area contributed by atoms with E-state index in [0.717, 1.165) is 5.56 Å². The molecular weight excluding hydrogens is 328 g/mol. The van der Waals surface area contributed by atoms with E-state index in [4.69, 9.17) is 4.74 Å². The number of amides is 2. The summed E-state index contributed by atoms with van der Waals surface area (Å²) in [5.74, 6) is 0.179. The maximum Gasteiger partial charge on any atom is 0.408 e. The Balaban J connectivity index is 2.03. The van der Waals surface area contributed by atoms with Crippen LogP contribution in [0.1, 0.15) is 26.3 Å². The van der Waals surface area contributed by atoms with Gasteiger partial charge in [0, 0.05) is 12.2 Å². The van der Waals surface area contributed by atoms with Gasteiger partial charge in [-0.15, -0.1) is 0 Å². The fourth-order valence-corrected chi connectivity index (χ4v) is 2.73. The molecule has 1 aromatic rings. The highest BCUT2D eigenvalue weighted by molar-refractivity contribution is 8.16. The number of alkyl carbamates (subject to hydrolysis) is 1. The molecule has 0 spiro atoms. The molecule has 1 saturated heterocycles. The van der Waals surface area contributed by atoms with E-state index in [-0.39, 0.29) is 11.0 Å². The van der Waals surface area contributed by atoms with E-state index in [1.807, 2.05) is 30.3 Å². The number of ether oxygens (including phenoxy) is 1. The number of hydrogen-bond acceptors (Lipinski definition) is 5. The lowest BCUT2D eigenvalue weighted by molar-refractivity contribution is -0.126. The predicted molar refractivity (Wildman–Crippen MR) is 92.7 cm³/mol. The molecule has 1 fully saturated rings. The first-order valence-electron chi connectivity index (χ1n) is 7.75. The number of carbonyl (C=O) groups excluding carboxylic acids is 3. The molecule has 1 aliphatic heterocycles. The molecule has 0 aromatic heterocycles. The van der Waals surface area contributed by atoms with Crippen molar-refractivity contribution in [2.45, 2.75) is 44.9 Å². The van der Waals surface area contributed by atoms with Crippen LogP contribution < -0.4 is 10.6 Å². The van der Waals surface area contributed by atoms with Gasteiger partial charge in [0.15, 0.2) is 0 Å². The molecule has 0 aliphatic carbocycles. The SMILES string of the molecule is CC(C)(C)OC(=O)N[C@@H](Cc1ccccc1)C(=O)N[C@H]1CSC1=O. The maximum atomic E-state index is 12.5. The Morgan fingerprint density at radius 1 is 1.29 bits per heavy atom. The van der Waals surface area contributed by atoms with Crippen LogP contribution in [0.5, 0.6) is 0 Å². The van der Waals surface area contributed by atoms with Gasteiger partial charge >= 0.3 is 6.09 Å². The minimum absolute atomic E-state index is 0.0564. The molecule has 2 rings (SSSR count). The molecule has 2 N–H and O–H groups in total. The quantitative estimate of drug-likeness (QED) is 0.847. The van der Waals surface area contributed by atoms with Crippen molar-refractivity contribution in [3.05, 3.63) is 35.9 Å². The van der Waals surface area contributed by atoms with Crippen LogP contribution in [0.3, 0.4) is 0 Å². The number of benzene rings is 1. The first kappa shape index (κ1) is 18.3. The third kappa shape index (κ3) is 5.56. The summed E-state index contributed by atoms with van der Waals surface area (Å²) in [7, 11) is 0.